The molecule has 1 heterocycles. The lowest BCUT2D eigenvalue weighted by atomic mass is 9.99. The van der Waals surface area contributed by atoms with Gasteiger partial charge in [-0.05, 0) is 49.2 Å². The number of Topliss-reactive ketones (excluding diaryl/α,β-unsaturated/α-hetero) is 1. The number of para-hydroxylation sites is 1. The molecule has 164 valence electrons. The molecule has 0 unspecified atom stereocenters. The molecule has 1 aromatic heterocycles. The average molecular weight is 435 g/mol. The highest BCUT2D eigenvalue weighted by atomic mass is 16.5. The molecule has 0 aliphatic heterocycles. The van der Waals surface area contributed by atoms with Gasteiger partial charge >= 0.3 is 11.9 Å². The Morgan fingerprint density at radius 1 is 0.938 bits per heavy atom. The second-order valence-corrected chi connectivity index (χ2v) is 7.03. The van der Waals surface area contributed by atoms with Gasteiger partial charge in [0.1, 0.15) is 0 Å². The third-order valence-electron chi connectivity index (χ3n) is 4.98. The summed E-state index contributed by atoms with van der Waals surface area (Å²) in [5.74, 6) is -5.48. The Balaban J connectivity index is 1.96. The highest BCUT2D eigenvalue weighted by molar-refractivity contribution is 6.45. The zero-order valence-corrected chi connectivity index (χ0v) is 18.0. The van der Waals surface area contributed by atoms with Gasteiger partial charge in [0, 0.05) is 0 Å². The fourth-order valence-electron chi connectivity index (χ4n) is 3.10. The number of aryl methyl sites for hydroxylation is 2. The van der Waals surface area contributed by atoms with E-state index in [1.807, 2.05) is 19.9 Å². The molecule has 0 fully saturated rings. The SMILES string of the molecule is COC(=O)c1ccccc1NC(=O)C(=O)[C@@H](C(=O)OC)c1cnc2cc(C)c(C)cc2n1. The summed E-state index contributed by atoms with van der Waals surface area (Å²) in [7, 11) is 2.30. The Labute approximate surface area is 183 Å². The monoisotopic (exact) mass is 435 g/mol. The van der Waals surface area contributed by atoms with Crippen molar-refractivity contribution in [3.63, 3.8) is 0 Å². The number of carbonyl (C=O) groups excluding carboxylic acids is 4. The van der Waals surface area contributed by atoms with Crippen LogP contribution in [0.15, 0.2) is 42.6 Å². The standard InChI is InChI=1S/C23H21N3O6/c1-12-9-16-17(10-13(12)2)25-18(11-24-16)19(23(30)32-4)20(27)21(28)26-15-8-6-5-7-14(15)22(29)31-3/h5-11,19H,1-4H3,(H,26,28)/t19-/m0/s1. The molecule has 1 atom stereocenters. The lowest BCUT2D eigenvalue weighted by molar-refractivity contribution is -0.148. The van der Waals surface area contributed by atoms with Crippen LogP contribution in [0.2, 0.25) is 0 Å². The third kappa shape index (κ3) is 4.46. The molecule has 0 aliphatic carbocycles. The lowest BCUT2D eigenvalue weighted by Gasteiger charge is -2.14. The van der Waals surface area contributed by atoms with Crippen molar-refractivity contribution in [3.05, 3.63) is 65.0 Å². The number of methoxy groups -OCH3 is 2. The first kappa shape index (κ1) is 22.5. The van der Waals surface area contributed by atoms with E-state index in [4.69, 9.17) is 4.74 Å². The normalized spacial score (nSPS) is 11.5. The van der Waals surface area contributed by atoms with Crippen LogP contribution in [0.3, 0.4) is 0 Å². The van der Waals surface area contributed by atoms with Gasteiger partial charge in [-0.25, -0.2) is 9.78 Å². The fourth-order valence-corrected chi connectivity index (χ4v) is 3.10. The van der Waals surface area contributed by atoms with E-state index in [2.05, 4.69) is 20.0 Å². The zero-order valence-electron chi connectivity index (χ0n) is 18.0. The summed E-state index contributed by atoms with van der Waals surface area (Å²) in [6, 6.07) is 9.65. The Kier molecular flexibility index (Phi) is 6.58. The Hall–Kier alpha value is -4.14. The number of esters is 2. The minimum absolute atomic E-state index is 0.0194. The lowest BCUT2D eigenvalue weighted by Crippen LogP contribution is -2.34. The molecule has 32 heavy (non-hydrogen) atoms. The average Bonchev–Trinajstić information content (AvgIpc) is 2.79. The molecule has 0 bridgehead atoms. The molecule has 9 heteroatoms. The van der Waals surface area contributed by atoms with Gasteiger partial charge in [-0.2, -0.15) is 0 Å². The summed E-state index contributed by atoms with van der Waals surface area (Å²) in [5, 5.41) is 2.36. The molecular formula is C23H21N3O6. The number of nitrogens with zero attached hydrogens (tertiary/aromatic N) is 2. The first-order valence-electron chi connectivity index (χ1n) is 9.61. The molecule has 3 aromatic rings. The van der Waals surface area contributed by atoms with Gasteiger partial charge in [0.25, 0.3) is 5.91 Å². The van der Waals surface area contributed by atoms with E-state index in [0.29, 0.717) is 11.0 Å². The minimum atomic E-state index is -1.62. The minimum Gasteiger partial charge on any atom is -0.468 e. The zero-order chi connectivity index (χ0) is 23.4. The summed E-state index contributed by atoms with van der Waals surface area (Å²) >= 11 is 0. The summed E-state index contributed by atoms with van der Waals surface area (Å²) in [5.41, 5.74) is 3.15. The van der Waals surface area contributed by atoms with Gasteiger partial charge in [0.05, 0.1) is 48.4 Å². The van der Waals surface area contributed by atoms with Crippen molar-refractivity contribution >= 4 is 40.3 Å². The number of ketones is 1. The number of fused-ring (bicyclic) bond motifs is 1. The topological polar surface area (TPSA) is 125 Å². The van der Waals surface area contributed by atoms with Crippen molar-refractivity contribution in [2.75, 3.05) is 19.5 Å². The smallest absolute Gasteiger partial charge is 0.339 e. The fraction of sp³-hybridized carbons (Fsp3) is 0.217. The molecule has 1 N–H and O–H groups in total. The van der Waals surface area contributed by atoms with E-state index < -0.39 is 29.5 Å². The predicted molar refractivity (Wildman–Crippen MR) is 115 cm³/mol. The summed E-state index contributed by atoms with van der Waals surface area (Å²) in [6.45, 7) is 3.83. The number of amides is 1. The van der Waals surface area contributed by atoms with E-state index in [0.717, 1.165) is 18.2 Å². The van der Waals surface area contributed by atoms with Crippen LogP contribution >= 0.6 is 0 Å². The van der Waals surface area contributed by atoms with Crippen LogP contribution in [0.5, 0.6) is 0 Å². The second-order valence-electron chi connectivity index (χ2n) is 7.03. The number of hydrogen-bond acceptors (Lipinski definition) is 8. The molecule has 0 radical (unpaired) electrons. The van der Waals surface area contributed by atoms with Gasteiger partial charge in [-0.15, -0.1) is 0 Å². The first-order chi connectivity index (χ1) is 15.3. The van der Waals surface area contributed by atoms with Crippen LogP contribution in [0.1, 0.15) is 33.1 Å². The summed E-state index contributed by atoms with van der Waals surface area (Å²) < 4.78 is 9.42. The van der Waals surface area contributed by atoms with Gasteiger partial charge in [0.15, 0.2) is 5.92 Å². The number of nitrogens with one attached hydrogen (secondary N) is 1. The van der Waals surface area contributed by atoms with Crippen molar-refractivity contribution in [2.45, 2.75) is 19.8 Å². The van der Waals surface area contributed by atoms with E-state index >= 15 is 0 Å². The Bertz CT molecular complexity index is 1240. The van der Waals surface area contributed by atoms with Crippen LogP contribution in [0, 0.1) is 13.8 Å². The van der Waals surface area contributed by atoms with Crippen LogP contribution in [0.25, 0.3) is 11.0 Å². The van der Waals surface area contributed by atoms with Crippen LogP contribution in [-0.4, -0.2) is 47.8 Å². The largest absolute Gasteiger partial charge is 0.468 e. The van der Waals surface area contributed by atoms with Crippen molar-refractivity contribution in [1.29, 1.82) is 0 Å². The second kappa shape index (κ2) is 9.34. The van der Waals surface area contributed by atoms with Crippen LogP contribution < -0.4 is 5.32 Å². The number of hydrogen-bond donors (Lipinski definition) is 1. The molecule has 0 spiro atoms. The molecule has 9 nitrogen and oxygen atoms in total. The number of benzene rings is 2. The van der Waals surface area contributed by atoms with E-state index in [1.54, 1.807) is 18.2 Å². The maximum absolute atomic E-state index is 13.0. The molecule has 2 aromatic carbocycles. The Morgan fingerprint density at radius 2 is 1.59 bits per heavy atom. The number of anilines is 1. The molecule has 3 rings (SSSR count). The summed E-state index contributed by atoms with van der Waals surface area (Å²) in [4.78, 5) is 58.7. The van der Waals surface area contributed by atoms with E-state index in [9.17, 15) is 19.2 Å². The van der Waals surface area contributed by atoms with Gasteiger partial charge in [-0.1, -0.05) is 12.1 Å². The highest BCUT2D eigenvalue weighted by Crippen LogP contribution is 2.23. The molecule has 0 saturated carbocycles. The molecule has 0 saturated heterocycles. The number of aromatic nitrogens is 2. The van der Waals surface area contributed by atoms with E-state index in [1.165, 1.54) is 25.4 Å². The van der Waals surface area contributed by atoms with Crippen molar-refractivity contribution in [1.82, 2.24) is 9.97 Å². The number of rotatable bonds is 6. The quantitative estimate of drug-likeness (QED) is 0.356. The van der Waals surface area contributed by atoms with Crippen molar-refractivity contribution < 1.29 is 28.7 Å². The molecular weight excluding hydrogens is 414 g/mol. The van der Waals surface area contributed by atoms with Crippen LogP contribution in [0.4, 0.5) is 5.69 Å². The number of ether oxygens (including phenoxy) is 2. The maximum Gasteiger partial charge on any atom is 0.339 e. The van der Waals surface area contributed by atoms with Gasteiger partial charge in [-0.3, -0.25) is 19.4 Å². The predicted octanol–water partition coefficient (Wildman–Crippen LogP) is 2.50. The van der Waals surface area contributed by atoms with Gasteiger partial charge in [0.2, 0.25) is 5.78 Å². The third-order valence-corrected chi connectivity index (χ3v) is 4.98. The van der Waals surface area contributed by atoms with Crippen molar-refractivity contribution in [3.8, 4) is 0 Å². The van der Waals surface area contributed by atoms with Crippen LogP contribution in [-0.2, 0) is 23.9 Å². The first-order valence-corrected chi connectivity index (χ1v) is 9.61. The van der Waals surface area contributed by atoms with Crippen molar-refractivity contribution in [2.24, 2.45) is 0 Å². The number of carbonyl (C=O) groups is 4. The highest BCUT2D eigenvalue weighted by Gasteiger charge is 2.36. The molecule has 0 aliphatic rings. The van der Waals surface area contributed by atoms with E-state index in [-0.39, 0.29) is 16.9 Å². The van der Waals surface area contributed by atoms with Gasteiger partial charge < -0.3 is 14.8 Å². The maximum atomic E-state index is 13.0. The molecule has 1 amide bonds. The summed E-state index contributed by atoms with van der Waals surface area (Å²) in [6.07, 6.45) is 1.27. The Morgan fingerprint density at radius 3 is 2.25 bits per heavy atom.